The Morgan fingerprint density at radius 3 is 2.79 bits per heavy atom. The number of benzene rings is 1. The van der Waals surface area contributed by atoms with Crippen LogP contribution in [0.2, 0.25) is 5.02 Å². The summed E-state index contributed by atoms with van der Waals surface area (Å²) in [6, 6.07) is 5.19. The van der Waals surface area contributed by atoms with Gasteiger partial charge in [-0.3, -0.25) is 4.79 Å². The molecule has 0 spiro atoms. The number of rotatable bonds is 1. The number of nitrogen functional groups attached to an aromatic ring is 1. The minimum Gasteiger partial charge on any atom is -0.399 e. The van der Waals surface area contributed by atoms with Gasteiger partial charge in [0.25, 0.3) is 0 Å². The van der Waals surface area contributed by atoms with Crippen LogP contribution in [0.3, 0.4) is 0 Å². The fraction of sp³-hybridized carbons (Fsp3) is 0.100. The second kappa shape index (κ2) is 3.03. The molecule has 3 N–H and O–H groups in total. The highest BCUT2D eigenvalue weighted by atomic mass is 35.5. The number of H-pyrrole nitrogens is 1. The first-order valence-electron chi connectivity index (χ1n) is 4.16. The quantitative estimate of drug-likeness (QED) is 0.559. The van der Waals surface area contributed by atoms with Gasteiger partial charge in [0.15, 0.2) is 5.78 Å². The fourth-order valence-electron chi connectivity index (χ4n) is 1.41. The van der Waals surface area contributed by atoms with Crippen LogP contribution < -0.4 is 5.73 Å². The average molecular weight is 209 g/mol. The first-order chi connectivity index (χ1) is 6.58. The van der Waals surface area contributed by atoms with E-state index < -0.39 is 0 Å². The molecule has 0 aliphatic rings. The molecule has 2 aromatic rings. The lowest BCUT2D eigenvalue weighted by Crippen LogP contribution is -1.90. The second-order valence-corrected chi connectivity index (χ2v) is 3.61. The van der Waals surface area contributed by atoms with E-state index in [2.05, 4.69) is 4.98 Å². The van der Waals surface area contributed by atoms with Crippen molar-refractivity contribution in [1.82, 2.24) is 4.98 Å². The maximum atomic E-state index is 11.1. The van der Waals surface area contributed by atoms with Gasteiger partial charge in [-0.1, -0.05) is 11.6 Å². The zero-order valence-corrected chi connectivity index (χ0v) is 8.35. The van der Waals surface area contributed by atoms with E-state index >= 15 is 0 Å². The van der Waals surface area contributed by atoms with Crippen molar-refractivity contribution in [3.8, 4) is 0 Å². The molecular weight excluding hydrogens is 200 g/mol. The lowest BCUT2D eigenvalue weighted by molar-refractivity contribution is 0.101. The van der Waals surface area contributed by atoms with Crippen molar-refractivity contribution in [3.05, 3.63) is 28.9 Å². The van der Waals surface area contributed by atoms with E-state index in [9.17, 15) is 4.79 Å². The summed E-state index contributed by atoms with van der Waals surface area (Å²) in [5.41, 5.74) is 7.53. The Hall–Kier alpha value is -1.48. The third-order valence-corrected chi connectivity index (χ3v) is 2.38. The van der Waals surface area contributed by atoms with Crippen molar-refractivity contribution >= 4 is 34.0 Å². The molecule has 2 rings (SSSR count). The van der Waals surface area contributed by atoms with Crippen molar-refractivity contribution in [2.24, 2.45) is 0 Å². The van der Waals surface area contributed by atoms with Crippen LogP contribution in [-0.4, -0.2) is 10.8 Å². The van der Waals surface area contributed by atoms with Crippen molar-refractivity contribution in [2.75, 3.05) is 5.73 Å². The molecule has 3 nitrogen and oxygen atoms in total. The monoisotopic (exact) mass is 208 g/mol. The van der Waals surface area contributed by atoms with E-state index in [0.29, 0.717) is 16.4 Å². The van der Waals surface area contributed by atoms with Crippen LogP contribution in [0.25, 0.3) is 10.9 Å². The van der Waals surface area contributed by atoms with E-state index in [1.54, 1.807) is 18.2 Å². The van der Waals surface area contributed by atoms with Gasteiger partial charge in [-0.25, -0.2) is 0 Å². The third kappa shape index (κ3) is 1.36. The Morgan fingerprint density at radius 1 is 1.43 bits per heavy atom. The molecule has 0 bridgehead atoms. The van der Waals surface area contributed by atoms with Gasteiger partial charge >= 0.3 is 0 Å². The minimum atomic E-state index is -0.0177. The van der Waals surface area contributed by atoms with Crippen molar-refractivity contribution in [2.45, 2.75) is 6.92 Å². The molecule has 72 valence electrons. The molecule has 1 aromatic heterocycles. The number of aromatic nitrogens is 1. The molecule has 14 heavy (non-hydrogen) atoms. The van der Waals surface area contributed by atoms with Crippen LogP contribution in [0.5, 0.6) is 0 Å². The highest BCUT2D eigenvalue weighted by molar-refractivity contribution is 6.35. The summed E-state index contributed by atoms with van der Waals surface area (Å²) in [5, 5.41) is 1.40. The number of nitrogens with one attached hydrogen (secondary N) is 1. The number of carbonyl (C=O) groups is 1. The van der Waals surface area contributed by atoms with Crippen LogP contribution in [0, 0.1) is 0 Å². The summed E-state index contributed by atoms with van der Waals surface area (Å²) in [4.78, 5) is 14.1. The predicted molar refractivity (Wildman–Crippen MR) is 57.7 cm³/mol. The molecule has 0 saturated carbocycles. The Bertz CT molecular complexity index is 516. The summed E-state index contributed by atoms with van der Waals surface area (Å²) in [5.74, 6) is -0.0177. The van der Waals surface area contributed by atoms with Crippen LogP contribution in [0.4, 0.5) is 5.69 Å². The number of halogens is 1. The molecule has 1 aromatic carbocycles. The van der Waals surface area contributed by atoms with E-state index in [1.165, 1.54) is 6.92 Å². The molecule has 1 heterocycles. The SMILES string of the molecule is CC(=O)c1cc2cc(N)cc(Cl)c2[nH]1. The second-order valence-electron chi connectivity index (χ2n) is 3.21. The molecule has 0 radical (unpaired) electrons. The van der Waals surface area contributed by atoms with Gasteiger partial charge in [-0.2, -0.15) is 0 Å². The number of ketones is 1. The zero-order valence-electron chi connectivity index (χ0n) is 7.60. The van der Waals surface area contributed by atoms with Crippen molar-refractivity contribution in [3.63, 3.8) is 0 Å². The van der Waals surface area contributed by atoms with Gasteiger partial charge in [0.05, 0.1) is 16.2 Å². The first kappa shape index (κ1) is 9.09. The maximum absolute atomic E-state index is 11.1. The molecule has 0 aliphatic heterocycles. The molecule has 0 fully saturated rings. The Morgan fingerprint density at radius 2 is 2.14 bits per heavy atom. The van der Waals surface area contributed by atoms with E-state index in [0.717, 1.165) is 10.9 Å². The van der Waals surface area contributed by atoms with E-state index in [1.807, 2.05) is 0 Å². The maximum Gasteiger partial charge on any atom is 0.175 e. The molecule has 0 saturated heterocycles. The molecule has 0 aliphatic carbocycles. The highest BCUT2D eigenvalue weighted by Crippen LogP contribution is 2.26. The summed E-state index contributed by atoms with van der Waals surface area (Å²) in [7, 11) is 0. The molecule has 0 atom stereocenters. The molecular formula is C10H9ClN2O. The number of fused-ring (bicyclic) bond motifs is 1. The zero-order chi connectivity index (χ0) is 10.3. The number of nitrogens with two attached hydrogens (primary N) is 1. The number of hydrogen-bond donors (Lipinski definition) is 2. The number of anilines is 1. The van der Waals surface area contributed by atoms with Crippen molar-refractivity contribution in [1.29, 1.82) is 0 Å². The Balaban J connectivity index is 2.76. The summed E-state index contributed by atoms with van der Waals surface area (Å²) < 4.78 is 0. The Labute approximate surface area is 85.9 Å². The molecule has 4 heteroatoms. The summed E-state index contributed by atoms with van der Waals surface area (Å²) in [6.45, 7) is 1.50. The van der Waals surface area contributed by atoms with Crippen LogP contribution in [0.1, 0.15) is 17.4 Å². The van der Waals surface area contributed by atoms with Crippen LogP contribution >= 0.6 is 11.6 Å². The van der Waals surface area contributed by atoms with Gasteiger partial charge < -0.3 is 10.7 Å². The van der Waals surface area contributed by atoms with Gasteiger partial charge in [-0.05, 0) is 18.2 Å². The lowest BCUT2D eigenvalue weighted by Gasteiger charge is -1.95. The Kier molecular flexibility index (Phi) is 1.97. The van der Waals surface area contributed by atoms with Crippen molar-refractivity contribution < 1.29 is 4.79 Å². The predicted octanol–water partition coefficient (Wildman–Crippen LogP) is 2.61. The smallest absolute Gasteiger partial charge is 0.175 e. The third-order valence-electron chi connectivity index (χ3n) is 2.08. The summed E-state index contributed by atoms with van der Waals surface area (Å²) in [6.07, 6.45) is 0. The minimum absolute atomic E-state index is 0.0177. The number of carbonyl (C=O) groups excluding carboxylic acids is 1. The average Bonchev–Trinajstić information content (AvgIpc) is 2.47. The van der Waals surface area contributed by atoms with Crippen LogP contribution in [-0.2, 0) is 0 Å². The molecule has 0 unspecified atom stereocenters. The van der Waals surface area contributed by atoms with Gasteiger partial charge in [-0.15, -0.1) is 0 Å². The largest absolute Gasteiger partial charge is 0.399 e. The van der Waals surface area contributed by atoms with Gasteiger partial charge in [0.1, 0.15) is 0 Å². The number of aromatic amines is 1. The number of hydrogen-bond acceptors (Lipinski definition) is 2. The van der Waals surface area contributed by atoms with Crippen LogP contribution in [0.15, 0.2) is 18.2 Å². The first-order valence-corrected chi connectivity index (χ1v) is 4.54. The van der Waals surface area contributed by atoms with E-state index in [4.69, 9.17) is 17.3 Å². The molecule has 0 amide bonds. The fourth-order valence-corrected chi connectivity index (χ4v) is 1.69. The highest BCUT2D eigenvalue weighted by Gasteiger charge is 2.07. The number of Topliss-reactive ketones (excluding diaryl/α,β-unsaturated/α-hetero) is 1. The lowest BCUT2D eigenvalue weighted by atomic mass is 10.2. The normalized spacial score (nSPS) is 10.7. The van der Waals surface area contributed by atoms with Gasteiger partial charge in [0, 0.05) is 18.0 Å². The van der Waals surface area contributed by atoms with E-state index in [-0.39, 0.29) is 5.78 Å². The van der Waals surface area contributed by atoms with Gasteiger partial charge in [0.2, 0.25) is 0 Å². The topological polar surface area (TPSA) is 58.9 Å². The summed E-state index contributed by atoms with van der Waals surface area (Å²) >= 11 is 5.96. The standard InChI is InChI=1S/C10H9ClN2O/c1-5(14)9-3-6-2-7(12)4-8(11)10(6)13-9/h2-4,13H,12H2,1H3.